The molecule has 0 saturated heterocycles. The maximum absolute atomic E-state index is 4.08. The van der Waals surface area contributed by atoms with Crippen LogP contribution in [0.5, 0.6) is 0 Å². The summed E-state index contributed by atoms with van der Waals surface area (Å²) in [6.45, 7) is 8.29. The second-order valence-corrected chi connectivity index (χ2v) is 3.59. The standard InChI is InChI=1S/C13H13/c1-9-4-7-13-11(3)10(2)5-6-12(13)8-9/h4-8H,3H2,1-2H3. The Balaban J connectivity index is 2.87. The van der Waals surface area contributed by atoms with Crippen LogP contribution in [0.4, 0.5) is 0 Å². The molecule has 2 aromatic carbocycles. The molecule has 1 radical (unpaired) electrons. The fraction of sp³-hybridized carbons (Fsp3) is 0.154. The van der Waals surface area contributed by atoms with Gasteiger partial charge in [-0.25, -0.2) is 0 Å². The lowest BCUT2D eigenvalue weighted by Crippen LogP contribution is -1.83. The van der Waals surface area contributed by atoms with Gasteiger partial charge < -0.3 is 0 Å². The maximum atomic E-state index is 4.08. The molecule has 13 heavy (non-hydrogen) atoms. The lowest BCUT2D eigenvalue weighted by Gasteiger charge is -2.05. The number of fused-ring (bicyclic) bond motifs is 1. The van der Waals surface area contributed by atoms with Gasteiger partial charge in [-0.1, -0.05) is 35.9 Å². The lowest BCUT2D eigenvalue weighted by atomic mass is 10.00. The molecule has 2 aromatic rings. The van der Waals surface area contributed by atoms with E-state index in [-0.39, 0.29) is 0 Å². The third kappa shape index (κ3) is 1.33. The molecule has 0 aliphatic rings. The number of rotatable bonds is 0. The van der Waals surface area contributed by atoms with Crippen molar-refractivity contribution in [2.45, 2.75) is 13.8 Å². The minimum absolute atomic E-state index is 1.15. The van der Waals surface area contributed by atoms with Gasteiger partial charge >= 0.3 is 0 Å². The minimum atomic E-state index is 1.15. The highest BCUT2D eigenvalue weighted by Gasteiger charge is 1.99. The van der Waals surface area contributed by atoms with E-state index in [1.165, 1.54) is 21.9 Å². The Morgan fingerprint density at radius 1 is 1.00 bits per heavy atom. The summed E-state index contributed by atoms with van der Waals surface area (Å²) in [6.07, 6.45) is 0. The lowest BCUT2D eigenvalue weighted by molar-refractivity contribution is 1.44. The van der Waals surface area contributed by atoms with Crippen molar-refractivity contribution in [3.63, 3.8) is 0 Å². The van der Waals surface area contributed by atoms with Gasteiger partial charge in [-0.05, 0) is 42.7 Å². The van der Waals surface area contributed by atoms with Crippen LogP contribution in [0.25, 0.3) is 10.8 Å². The van der Waals surface area contributed by atoms with E-state index in [0.717, 1.165) is 5.56 Å². The Kier molecular flexibility index (Phi) is 1.84. The first-order valence-corrected chi connectivity index (χ1v) is 4.50. The number of benzene rings is 2. The molecule has 0 atom stereocenters. The van der Waals surface area contributed by atoms with E-state index in [0.29, 0.717) is 0 Å². The second-order valence-electron chi connectivity index (χ2n) is 3.59. The normalized spacial score (nSPS) is 10.7. The Labute approximate surface area is 79.2 Å². The van der Waals surface area contributed by atoms with Gasteiger partial charge in [0.15, 0.2) is 0 Å². The quantitative estimate of drug-likeness (QED) is 0.565. The van der Waals surface area contributed by atoms with E-state index in [1.807, 2.05) is 0 Å². The number of aryl methyl sites for hydroxylation is 2. The molecule has 0 bridgehead atoms. The van der Waals surface area contributed by atoms with E-state index in [9.17, 15) is 0 Å². The highest BCUT2D eigenvalue weighted by molar-refractivity contribution is 5.87. The highest BCUT2D eigenvalue weighted by atomic mass is 14.0. The predicted octanol–water partition coefficient (Wildman–Crippen LogP) is 3.64. The third-order valence-electron chi connectivity index (χ3n) is 2.52. The van der Waals surface area contributed by atoms with Crippen molar-refractivity contribution < 1.29 is 0 Å². The van der Waals surface area contributed by atoms with Gasteiger partial charge in [0, 0.05) is 0 Å². The molecule has 65 valence electrons. The van der Waals surface area contributed by atoms with Gasteiger partial charge in [-0.2, -0.15) is 0 Å². The molecule has 0 aromatic heterocycles. The number of hydrogen-bond acceptors (Lipinski definition) is 0. The summed E-state index contributed by atoms with van der Waals surface area (Å²) >= 11 is 0. The predicted molar refractivity (Wildman–Crippen MR) is 57.9 cm³/mol. The zero-order chi connectivity index (χ0) is 9.42. The Morgan fingerprint density at radius 3 is 2.54 bits per heavy atom. The van der Waals surface area contributed by atoms with Gasteiger partial charge in [0.2, 0.25) is 0 Å². The summed E-state index contributed by atoms with van der Waals surface area (Å²) < 4.78 is 0. The average molecular weight is 169 g/mol. The zero-order valence-electron chi connectivity index (χ0n) is 8.09. The smallest absolute Gasteiger partial charge is 0.0149 e. The van der Waals surface area contributed by atoms with Crippen LogP contribution < -0.4 is 0 Å². The summed E-state index contributed by atoms with van der Waals surface area (Å²) in [6, 6.07) is 10.8. The van der Waals surface area contributed by atoms with Gasteiger partial charge in [-0.15, -0.1) is 0 Å². The molecule has 0 amide bonds. The van der Waals surface area contributed by atoms with E-state index < -0.39 is 0 Å². The first kappa shape index (κ1) is 8.31. The van der Waals surface area contributed by atoms with Crippen molar-refractivity contribution in [1.29, 1.82) is 0 Å². The van der Waals surface area contributed by atoms with E-state index in [2.05, 4.69) is 51.1 Å². The van der Waals surface area contributed by atoms with Crippen LogP contribution in [0.15, 0.2) is 30.3 Å². The summed E-state index contributed by atoms with van der Waals surface area (Å²) in [5.41, 5.74) is 3.71. The maximum Gasteiger partial charge on any atom is -0.0149 e. The average Bonchev–Trinajstić information content (AvgIpc) is 2.12. The molecule has 0 heteroatoms. The van der Waals surface area contributed by atoms with Gasteiger partial charge in [0.25, 0.3) is 0 Å². The van der Waals surface area contributed by atoms with E-state index in [4.69, 9.17) is 0 Å². The molecular formula is C13H13. The SMILES string of the molecule is [CH2]c1c(C)ccc2cc(C)ccc12. The molecule has 0 nitrogen and oxygen atoms in total. The van der Waals surface area contributed by atoms with Crippen LogP contribution in [0.3, 0.4) is 0 Å². The van der Waals surface area contributed by atoms with Crippen LogP contribution in [-0.4, -0.2) is 0 Å². The van der Waals surface area contributed by atoms with Crippen molar-refractivity contribution in [3.05, 3.63) is 53.9 Å². The first-order valence-electron chi connectivity index (χ1n) is 4.50. The van der Waals surface area contributed by atoms with Gasteiger partial charge in [0.05, 0.1) is 0 Å². The molecule has 2 rings (SSSR count). The van der Waals surface area contributed by atoms with Crippen LogP contribution in [0, 0.1) is 20.8 Å². The van der Waals surface area contributed by atoms with E-state index >= 15 is 0 Å². The fourth-order valence-corrected chi connectivity index (χ4v) is 1.62. The van der Waals surface area contributed by atoms with Crippen molar-refractivity contribution in [2.75, 3.05) is 0 Å². The molecular weight excluding hydrogens is 156 g/mol. The molecule has 0 aliphatic carbocycles. The Bertz CT molecular complexity index is 453. The highest BCUT2D eigenvalue weighted by Crippen LogP contribution is 2.22. The van der Waals surface area contributed by atoms with Crippen molar-refractivity contribution in [2.24, 2.45) is 0 Å². The van der Waals surface area contributed by atoms with Crippen molar-refractivity contribution >= 4 is 10.8 Å². The summed E-state index contributed by atoms with van der Waals surface area (Å²) in [7, 11) is 0. The monoisotopic (exact) mass is 169 g/mol. The van der Waals surface area contributed by atoms with Crippen molar-refractivity contribution in [3.8, 4) is 0 Å². The Hall–Kier alpha value is -1.30. The molecule has 0 heterocycles. The molecule has 0 spiro atoms. The fourth-order valence-electron chi connectivity index (χ4n) is 1.62. The molecule has 0 N–H and O–H groups in total. The van der Waals surface area contributed by atoms with Gasteiger partial charge in [-0.3, -0.25) is 0 Å². The summed E-state index contributed by atoms with van der Waals surface area (Å²) in [5, 5.41) is 2.56. The minimum Gasteiger partial charge on any atom is -0.0587 e. The van der Waals surface area contributed by atoms with Crippen LogP contribution in [0.2, 0.25) is 0 Å². The van der Waals surface area contributed by atoms with Crippen LogP contribution in [0.1, 0.15) is 16.7 Å². The second kappa shape index (κ2) is 2.88. The topological polar surface area (TPSA) is 0 Å². The molecule has 0 saturated carbocycles. The summed E-state index contributed by atoms with van der Waals surface area (Å²) in [4.78, 5) is 0. The summed E-state index contributed by atoms with van der Waals surface area (Å²) in [5.74, 6) is 0. The van der Waals surface area contributed by atoms with Crippen LogP contribution >= 0.6 is 0 Å². The van der Waals surface area contributed by atoms with Gasteiger partial charge in [0.1, 0.15) is 0 Å². The molecule has 0 fully saturated rings. The van der Waals surface area contributed by atoms with Crippen molar-refractivity contribution in [1.82, 2.24) is 0 Å². The molecule has 0 unspecified atom stereocenters. The molecule has 0 aliphatic heterocycles. The largest absolute Gasteiger partial charge is 0.0587 e. The Morgan fingerprint density at radius 2 is 1.77 bits per heavy atom. The zero-order valence-corrected chi connectivity index (χ0v) is 8.09. The van der Waals surface area contributed by atoms with E-state index in [1.54, 1.807) is 0 Å². The van der Waals surface area contributed by atoms with Crippen LogP contribution in [-0.2, 0) is 0 Å². The third-order valence-corrected chi connectivity index (χ3v) is 2.52. The first-order chi connectivity index (χ1) is 6.18. The number of hydrogen-bond donors (Lipinski definition) is 0.